The first-order valence-electron chi connectivity index (χ1n) is 21.5. The van der Waals surface area contributed by atoms with Gasteiger partial charge in [0.25, 0.3) is 0 Å². The molecule has 0 saturated heterocycles. The Hall–Kier alpha value is -6.26. The molecule has 0 fully saturated rings. The van der Waals surface area contributed by atoms with Crippen LogP contribution in [0.1, 0.15) is 92.9 Å². The SMILES string of the molecule is CC(C)(C)c1ccc(-c2ccnc(-c3cc(-c4cccc5c4nc(-c4ccccc4O)n5-c4ccc(C(C)(C)C(C)(C)C)cc4-c4ccccc4)cc(C(C)(C)C)c3)c2)cc1. The molecule has 0 spiro atoms. The molecular weight excluding hydrogens is 743 g/mol. The Morgan fingerprint density at radius 2 is 1.10 bits per heavy atom. The van der Waals surface area contributed by atoms with Crippen molar-refractivity contribution < 1.29 is 5.11 Å². The molecule has 4 heteroatoms. The average Bonchev–Trinajstić information content (AvgIpc) is 3.62. The quantitative estimate of drug-likeness (QED) is 0.175. The summed E-state index contributed by atoms with van der Waals surface area (Å²) in [4.78, 5) is 10.5. The number of para-hydroxylation sites is 2. The summed E-state index contributed by atoms with van der Waals surface area (Å²) in [5, 5.41) is 11.5. The van der Waals surface area contributed by atoms with Crippen molar-refractivity contribution >= 4 is 11.0 Å². The van der Waals surface area contributed by atoms with Gasteiger partial charge in [-0.05, 0) is 115 Å². The summed E-state index contributed by atoms with van der Waals surface area (Å²) in [6, 6.07) is 51.6. The second kappa shape index (κ2) is 15.3. The van der Waals surface area contributed by atoms with Crippen LogP contribution < -0.4 is 0 Å². The van der Waals surface area contributed by atoms with E-state index in [0.717, 1.165) is 55.8 Å². The van der Waals surface area contributed by atoms with E-state index >= 15 is 0 Å². The fourth-order valence-corrected chi connectivity index (χ4v) is 8.12. The second-order valence-corrected chi connectivity index (χ2v) is 20.2. The molecular formula is C57H59N3O. The topological polar surface area (TPSA) is 50.9 Å². The predicted octanol–water partition coefficient (Wildman–Crippen LogP) is 15.4. The monoisotopic (exact) mass is 801 g/mol. The van der Waals surface area contributed by atoms with Crippen LogP contribution in [0.25, 0.3) is 72.7 Å². The van der Waals surface area contributed by atoms with Crippen molar-refractivity contribution in [2.24, 2.45) is 5.41 Å². The molecule has 2 aromatic heterocycles. The average molecular weight is 802 g/mol. The lowest BCUT2D eigenvalue weighted by molar-refractivity contribution is 0.225. The smallest absolute Gasteiger partial charge is 0.149 e. The number of phenolic OH excluding ortho intramolecular Hbond substituents is 1. The Morgan fingerprint density at radius 1 is 0.459 bits per heavy atom. The molecule has 8 aromatic rings. The zero-order valence-electron chi connectivity index (χ0n) is 37.7. The molecule has 61 heavy (non-hydrogen) atoms. The molecule has 4 nitrogen and oxygen atoms in total. The van der Waals surface area contributed by atoms with Crippen molar-refractivity contribution in [1.29, 1.82) is 0 Å². The summed E-state index contributed by atoms with van der Waals surface area (Å²) in [5.74, 6) is 0.864. The van der Waals surface area contributed by atoms with Crippen molar-refractivity contribution in [2.45, 2.75) is 92.4 Å². The van der Waals surface area contributed by atoms with Gasteiger partial charge in [0, 0.05) is 22.9 Å². The molecule has 0 saturated carbocycles. The molecule has 0 bridgehead atoms. The van der Waals surface area contributed by atoms with E-state index in [4.69, 9.17) is 9.97 Å². The number of nitrogens with zero attached hydrogens (tertiary/aromatic N) is 3. The zero-order valence-corrected chi connectivity index (χ0v) is 37.7. The number of benzene rings is 6. The van der Waals surface area contributed by atoms with Crippen LogP contribution in [0.3, 0.4) is 0 Å². The van der Waals surface area contributed by atoms with E-state index in [2.05, 4.69) is 202 Å². The molecule has 0 amide bonds. The van der Waals surface area contributed by atoms with E-state index in [0.29, 0.717) is 11.4 Å². The minimum Gasteiger partial charge on any atom is -0.507 e. The summed E-state index contributed by atoms with van der Waals surface area (Å²) in [7, 11) is 0. The van der Waals surface area contributed by atoms with Gasteiger partial charge < -0.3 is 5.11 Å². The molecule has 308 valence electrons. The normalized spacial score (nSPS) is 12.6. The van der Waals surface area contributed by atoms with Gasteiger partial charge in [-0.3, -0.25) is 9.55 Å². The van der Waals surface area contributed by atoms with Gasteiger partial charge in [-0.25, -0.2) is 4.98 Å². The van der Waals surface area contributed by atoms with Crippen molar-refractivity contribution in [1.82, 2.24) is 14.5 Å². The van der Waals surface area contributed by atoms with Crippen molar-refractivity contribution in [2.75, 3.05) is 0 Å². The molecule has 0 atom stereocenters. The molecule has 0 aliphatic carbocycles. The van der Waals surface area contributed by atoms with E-state index in [1.165, 1.54) is 22.3 Å². The van der Waals surface area contributed by atoms with Crippen LogP contribution in [0.15, 0.2) is 152 Å². The van der Waals surface area contributed by atoms with Crippen LogP contribution in [0.2, 0.25) is 0 Å². The highest BCUT2D eigenvalue weighted by atomic mass is 16.3. The third-order valence-electron chi connectivity index (χ3n) is 13.0. The van der Waals surface area contributed by atoms with Crippen molar-refractivity contribution in [3.05, 3.63) is 168 Å². The zero-order chi connectivity index (χ0) is 43.5. The van der Waals surface area contributed by atoms with Crippen LogP contribution in [0, 0.1) is 5.41 Å². The third kappa shape index (κ3) is 7.92. The number of aromatic hydroxyl groups is 1. The molecule has 6 aromatic carbocycles. The van der Waals surface area contributed by atoms with E-state index in [-0.39, 0.29) is 27.4 Å². The summed E-state index contributed by atoms with van der Waals surface area (Å²) in [6.07, 6.45) is 1.92. The maximum absolute atomic E-state index is 11.5. The molecule has 0 aliphatic rings. The Kier molecular flexibility index (Phi) is 10.4. The Labute approximate surface area is 363 Å². The summed E-state index contributed by atoms with van der Waals surface area (Å²) in [6.45, 7) is 25.1. The Balaban J connectivity index is 1.36. The first kappa shape index (κ1) is 41.5. The van der Waals surface area contributed by atoms with Crippen LogP contribution >= 0.6 is 0 Å². The molecule has 2 heterocycles. The van der Waals surface area contributed by atoms with Gasteiger partial charge in [-0.15, -0.1) is 0 Å². The van der Waals surface area contributed by atoms with Gasteiger partial charge in [-0.2, -0.15) is 0 Å². The Morgan fingerprint density at radius 3 is 1.77 bits per heavy atom. The van der Waals surface area contributed by atoms with Gasteiger partial charge in [-0.1, -0.05) is 167 Å². The minimum absolute atomic E-state index is 0.0229. The lowest BCUT2D eigenvalue weighted by Crippen LogP contribution is -2.34. The Bertz CT molecular complexity index is 2880. The van der Waals surface area contributed by atoms with Crippen LogP contribution in [0.4, 0.5) is 0 Å². The van der Waals surface area contributed by atoms with E-state index < -0.39 is 0 Å². The molecule has 0 unspecified atom stereocenters. The van der Waals surface area contributed by atoms with E-state index in [1.807, 2.05) is 24.4 Å². The summed E-state index contributed by atoms with van der Waals surface area (Å²) < 4.78 is 2.24. The van der Waals surface area contributed by atoms with Crippen LogP contribution in [-0.4, -0.2) is 19.6 Å². The highest BCUT2D eigenvalue weighted by molar-refractivity contribution is 5.97. The summed E-state index contributed by atoms with van der Waals surface area (Å²) >= 11 is 0. The number of pyridine rings is 1. The number of hydrogen-bond donors (Lipinski definition) is 1. The fourth-order valence-electron chi connectivity index (χ4n) is 8.12. The highest BCUT2D eigenvalue weighted by Crippen LogP contribution is 2.45. The number of imidazole rings is 1. The predicted molar refractivity (Wildman–Crippen MR) is 258 cm³/mol. The standard InChI is InChI=1S/C57H59N3O/c1-54(2,3)42-26-24-37(25-27-42)39-30-31-58-48(35-39)41-32-40(33-44(34-41)55(4,5)6)45-21-17-22-50-52(45)59-53(46-20-15-16-23-51(46)61)60(50)49-29-28-43(57(10,11)56(7,8)9)36-47(49)38-18-13-12-14-19-38/h12-36,61H,1-11H3. The molecule has 0 aliphatic heterocycles. The van der Waals surface area contributed by atoms with E-state index in [1.54, 1.807) is 6.07 Å². The number of rotatable bonds is 7. The molecule has 8 rings (SSSR count). The van der Waals surface area contributed by atoms with Gasteiger partial charge in [0.05, 0.1) is 28.0 Å². The minimum atomic E-state index is -0.132. The lowest BCUT2D eigenvalue weighted by atomic mass is 9.65. The number of aromatic nitrogens is 3. The van der Waals surface area contributed by atoms with Crippen molar-refractivity contribution in [3.63, 3.8) is 0 Å². The number of fused-ring (bicyclic) bond motifs is 1. The van der Waals surface area contributed by atoms with Crippen molar-refractivity contribution in [3.8, 4) is 67.5 Å². The summed E-state index contributed by atoms with van der Waals surface area (Å²) in [5.41, 5.74) is 15.7. The maximum atomic E-state index is 11.5. The van der Waals surface area contributed by atoms with Gasteiger partial charge >= 0.3 is 0 Å². The number of hydrogen-bond acceptors (Lipinski definition) is 3. The van der Waals surface area contributed by atoms with Crippen LogP contribution in [0.5, 0.6) is 5.75 Å². The lowest BCUT2D eigenvalue weighted by Gasteiger charge is -2.40. The number of phenols is 1. The first-order chi connectivity index (χ1) is 28.8. The van der Waals surface area contributed by atoms with E-state index in [9.17, 15) is 5.11 Å². The third-order valence-corrected chi connectivity index (χ3v) is 13.0. The van der Waals surface area contributed by atoms with Gasteiger partial charge in [0.2, 0.25) is 0 Å². The maximum Gasteiger partial charge on any atom is 0.149 e. The first-order valence-corrected chi connectivity index (χ1v) is 21.5. The second-order valence-electron chi connectivity index (χ2n) is 20.2. The van der Waals surface area contributed by atoms with Gasteiger partial charge in [0.15, 0.2) is 0 Å². The highest BCUT2D eigenvalue weighted by Gasteiger charge is 2.35. The largest absolute Gasteiger partial charge is 0.507 e. The van der Waals surface area contributed by atoms with Gasteiger partial charge in [0.1, 0.15) is 11.6 Å². The fraction of sp³-hybridized carbons (Fsp3) is 0.263. The molecule has 1 N–H and O–H groups in total. The van der Waals surface area contributed by atoms with Crippen LogP contribution in [-0.2, 0) is 16.2 Å². The molecule has 0 radical (unpaired) electrons.